The van der Waals surface area contributed by atoms with Gasteiger partial charge in [-0.1, -0.05) is 36.4 Å². The number of rotatable bonds is 5. The van der Waals surface area contributed by atoms with Crippen LogP contribution in [0.1, 0.15) is 16.8 Å². The second-order valence-corrected chi connectivity index (χ2v) is 5.63. The summed E-state index contributed by atoms with van der Waals surface area (Å²) in [6.45, 7) is 2.19. The molecule has 0 aliphatic heterocycles. The normalized spacial score (nSPS) is 11.3. The van der Waals surface area contributed by atoms with E-state index in [0.717, 1.165) is 11.3 Å². The maximum absolute atomic E-state index is 13.4. The van der Waals surface area contributed by atoms with E-state index in [0.29, 0.717) is 17.9 Å². The Balaban J connectivity index is 1.92. The summed E-state index contributed by atoms with van der Waals surface area (Å²) in [5.41, 5.74) is 4.29. The highest BCUT2D eigenvalue weighted by Crippen LogP contribution is 2.24. The maximum atomic E-state index is 13.4. The van der Waals surface area contributed by atoms with E-state index in [-0.39, 0.29) is 11.7 Å². The van der Waals surface area contributed by atoms with Gasteiger partial charge in [-0.3, -0.25) is 15.7 Å². The fourth-order valence-electron chi connectivity index (χ4n) is 2.37. The lowest BCUT2D eigenvalue weighted by molar-refractivity contribution is 0.234. The Morgan fingerprint density at radius 1 is 1.12 bits per heavy atom. The number of nitrogens with zero attached hydrogens (tertiary/aromatic N) is 2. The predicted octanol–water partition coefficient (Wildman–Crippen LogP) is 4.25. The first-order valence-corrected chi connectivity index (χ1v) is 8.05. The van der Waals surface area contributed by atoms with Crippen molar-refractivity contribution < 1.29 is 14.3 Å². The number of pyridine rings is 1. The van der Waals surface area contributed by atoms with Crippen molar-refractivity contribution in [3.63, 3.8) is 0 Å². The van der Waals surface area contributed by atoms with Crippen LogP contribution < -0.4 is 10.2 Å². The Hall–Kier alpha value is -3.25. The van der Waals surface area contributed by atoms with Gasteiger partial charge in [-0.2, -0.15) is 0 Å². The van der Waals surface area contributed by atoms with Gasteiger partial charge in [-0.05, 0) is 36.8 Å². The number of aryl methyl sites for hydroxylation is 1. The second-order valence-electron chi connectivity index (χ2n) is 5.63. The highest BCUT2D eigenvalue weighted by atomic mass is 19.1. The highest BCUT2D eigenvalue weighted by Gasteiger charge is 2.13. The van der Waals surface area contributed by atoms with E-state index in [9.17, 15) is 9.60 Å². The van der Waals surface area contributed by atoms with Gasteiger partial charge < -0.3 is 4.74 Å². The van der Waals surface area contributed by atoms with Gasteiger partial charge in [-0.25, -0.2) is 9.37 Å². The maximum Gasteiger partial charge on any atom is 0.230 e. The lowest BCUT2D eigenvalue weighted by Gasteiger charge is -2.12. The molecule has 0 atom stereocenters. The molecule has 1 aromatic heterocycles. The van der Waals surface area contributed by atoms with Crippen molar-refractivity contribution in [2.24, 2.45) is 4.99 Å². The van der Waals surface area contributed by atoms with Gasteiger partial charge in [0.05, 0.1) is 12.1 Å². The first-order valence-electron chi connectivity index (χ1n) is 8.05. The van der Waals surface area contributed by atoms with Gasteiger partial charge in [0.15, 0.2) is 5.84 Å². The number of nitrogens with one attached hydrogen (secondary N) is 1. The molecule has 6 heteroatoms. The minimum atomic E-state index is -0.407. The monoisotopic (exact) mass is 351 g/mol. The molecule has 0 amide bonds. The summed E-state index contributed by atoms with van der Waals surface area (Å²) in [6.07, 6.45) is 0. The Kier molecular flexibility index (Phi) is 5.56. The quantitative estimate of drug-likeness (QED) is 0.410. The molecule has 3 aromatic rings. The van der Waals surface area contributed by atoms with Crippen LogP contribution in [-0.4, -0.2) is 16.0 Å². The second kappa shape index (κ2) is 8.22. The third-order valence-corrected chi connectivity index (χ3v) is 3.63. The number of aromatic nitrogens is 1. The van der Waals surface area contributed by atoms with Gasteiger partial charge in [0.2, 0.25) is 5.88 Å². The van der Waals surface area contributed by atoms with E-state index in [1.165, 1.54) is 12.1 Å². The van der Waals surface area contributed by atoms with E-state index in [1.54, 1.807) is 24.3 Å². The van der Waals surface area contributed by atoms with E-state index < -0.39 is 5.82 Å². The summed E-state index contributed by atoms with van der Waals surface area (Å²) in [7, 11) is 0. The Labute approximate surface area is 150 Å². The lowest BCUT2D eigenvalue weighted by Crippen LogP contribution is -2.21. The first kappa shape index (κ1) is 17.6. The van der Waals surface area contributed by atoms with Crippen LogP contribution in [0.25, 0.3) is 0 Å². The van der Waals surface area contributed by atoms with E-state index >= 15 is 0 Å². The van der Waals surface area contributed by atoms with Crippen LogP contribution in [0.3, 0.4) is 0 Å². The number of ether oxygens (including phenoxy) is 1. The molecule has 0 fully saturated rings. The molecular weight excluding hydrogens is 333 g/mol. The van der Waals surface area contributed by atoms with Gasteiger partial charge in [0.1, 0.15) is 11.6 Å². The topological polar surface area (TPSA) is 66.7 Å². The van der Waals surface area contributed by atoms with Crippen molar-refractivity contribution in [1.82, 2.24) is 10.5 Å². The molecule has 5 nitrogen and oxygen atoms in total. The number of hydrogen-bond donors (Lipinski definition) is 2. The fraction of sp³-hybridized carbons (Fsp3) is 0.100. The van der Waals surface area contributed by atoms with Crippen LogP contribution in [0.2, 0.25) is 0 Å². The molecule has 3 rings (SSSR count). The third-order valence-electron chi connectivity index (χ3n) is 3.63. The smallest absolute Gasteiger partial charge is 0.230 e. The summed E-state index contributed by atoms with van der Waals surface area (Å²) >= 11 is 0. The summed E-state index contributed by atoms with van der Waals surface area (Å²) < 4.78 is 19.1. The standard InChI is InChI=1S/C20H18FN3O2/c1-14-10-11-18(19(24-25)22-13-15-6-3-2-4-7-15)20(23-14)26-17-9-5-8-16(21)12-17/h2-12,25H,13H2,1H3,(H,22,24). The average molecular weight is 351 g/mol. The molecule has 0 spiro atoms. The number of halogens is 1. The average Bonchev–Trinajstić information content (AvgIpc) is 2.64. The van der Waals surface area contributed by atoms with Crippen molar-refractivity contribution in [3.05, 3.63) is 89.4 Å². The molecule has 0 aliphatic carbocycles. The van der Waals surface area contributed by atoms with Crippen LogP contribution >= 0.6 is 0 Å². The first-order chi connectivity index (χ1) is 12.7. The lowest BCUT2D eigenvalue weighted by atomic mass is 10.2. The Bertz CT molecular complexity index is 914. The van der Waals surface area contributed by atoms with E-state index in [4.69, 9.17) is 4.74 Å². The van der Waals surface area contributed by atoms with Crippen molar-refractivity contribution >= 4 is 5.84 Å². The molecule has 0 radical (unpaired) electrons. The largest absolute Gasteiger partial charge is 0.438 e. The molecule has 2 N–H and O–H groups in total. The number of benzene rings is 2. The molecule has 0 saturated carbocycles. The summed E-state index contributed by atoms with van der Waals surface area (Å²) in [4.78, 5) is 8.74. The number of aliphatic imine (C=N–C) groups is 1. The fourth-order valence-corrected chi connectivity index (χ4v) is 2.37. The molecule has 1 heterocycles. The SMILES string of the molecule is Cc1ccc(C(=NCc2ccccc2)NO)c(Oc2cccc(F)c2)n1. The van der Waals surface area contributed by atoms with E-state index in [2.05, 4.69) is 15.5 Å². The van der Waals surface area contributed by atoms with Gasteiger partial charge in [0, 0.05) is 11.8 Å². The predicted molar refractivity (Wildman–Crippen MR) is 97.1 cm³/mol. The van der Waals surface area contributed by atoms with Crippen molar-refractivity contribution in [3.8, 4) is 11.6 Å². The molecular formula is C20H18FN3O2. The zero-order chi connectivity index (χ0) is 18.4. The van der Waals surface area contributed by atoms with Gasteiger partial charge in [-0.15, -0.1) is 0 Å². The molecule has 0 unspecified atom stereocenters. The van der Waals surface area contributed by atoms with Crippen molar-refractivity contribution in [1.29, 1.82) is 0 Å². The third kappa shape index (κ3) is 4.43. The Morgan fingerprint density at radius 2 is 1.92 bits per heavy atom. The van der Waals surface area contributed by atoms with Crippen LogP contribution in [-0.2, 0) is 6.54 Å². The van der Waals surface area contributed by atoms with Crippen molar-refractivity contribution in [2.75, 3.05) is 0 Å². The van der Waals surface area contributed by atoms with Crippen LogP contribution in [0.5, 0.6) is 11.6 Å². The zero-order valence-electron chi connectivity index (χ0n) is 14.2. The van der Waals surface area contributed by atoms with E-state index in [1.807, 2.05) is 37.3 Å². The van der Waals surface area contributed by atoms with Crippen LogP contribution in [0, 0.1) is 12.7 Å². The van der Waals surface area contributed by atoms with Crippen LogP contribution in [0.15, 0.2) is 71.7 Å². The molecule has 0 bridgehead atoms. The number of amidine groups is 1. The highest BCUT2D eigenvalue weighted by molar-refractivity contribution is 6.00. The number of hydroxylamine groups is 1. The molecule has 26 heavy (non-hydrogen) atoms. The minimum Gasteiger partial charge on any atom is -0.438 e. The zero-order valence-corrected chi connectivity index (χ0v) is 14.2. The van der Waals surface area contributed by atoms with Gasteiger partial charge in [0.25, 0.3) is 0 Å². The molecule has 0 aliphatic rings. The van der Waals surface area contributed by atoms with Gasteiger partial charge >= 0.3 is 0 Å². The molecule has 0 saturated heterocycles. The number of hydrogen-bond acceptors (Lipinski definition) is 4. The van der Waals surface area contributed by atoms with Crippen molar-refractivity contribution in [2.45, 2.75) is 13.5 Å². The molecule has 132 valence electrons. The minimum absolute atomic E-state index is 0.216. The summed E-state index contributed by atoms with van der Waals surface area (Å²) in [5, 5.41) is 9.54. The van der Waals surface area contributed by atoms with Crippen LogP contribution in [0.4, 0.5) is 4.39 Å². The Morgan fingerprint density at radius 3 is 2.65 bits per heavy atom. The molecule has 2 aromatic carbocycles. The summed E-state index contributed by atoms with van der Waals surface area (Å²) in [6, 6.07) is 18.9. The summed E-state index contributed by atoms with van der Waals surface area (Å²) in [5.74, 6) is 0.344.